The summed E-state index contributed by atoms with van der Waals surface area (Å²) in [7, 11) is 3.86. The van der Waals surface area contributed by atoms with Gasteiger partial charge < -0.3 is 10.2 Å². The topological polar surface area (TPSA) is 52.7 Å². The van der Waals surface area contributed by atoms with Crippen LogP contribution in [0.3, 0.4) is 0 Å². The minimum atomic E-state index is -0.358. The third kappa shape index (κ3) is 4.27. The van der Waals surface area contributed by atoms with Crippen LogP contribution in [0.5, 0.6) is 0 Å². The minimum absolute atomic E-state index is 0.294. The number of aryl methyl sites for hydroxylation is 3. The highest BCUT2D eigenvalue weighted by Gasteiger charge is 2.40. The molecule has 1 aliphatic heterocycles. The van der Waals surface area contributed by atoms with Crippen LogP contribution in [0.2, 0.25) is 0 Å². The van der Waals surface area contributed by atoms with E-state index in [0.29, 0.717) is 17.0 Å². The summed E-state index contributed by atoms with van der Waals surface area (Å²) in [5.41, 5.74) is 7.06. The van der Waals surface area contributed by atoms with E-state index in [2.05, 4.69) is 12.2 Å². The monoisotopic (exact) mass is 439 g/mol. The molecule has 0 fully saturated rings. The largest absolute Gasteiger partial charge is 0.378 e. The quantitative estimate of drug-likeness (QED) is 0.528. The van der Waals surface area contributed by atoms with E-state index in [9.17, 15) is 9.59 Å². The maximum Gasteiger partial charge on any atom is 0.282 e. The van der Waals surface area contributed by atoms with Crippen molar-refractivity contribution >= 4 is 34.4 Å². The first-order chi connectivity index (χ1) is 15.8. The molecule has 3 aromatic rings. The average molecular weight is 440 g/mol. The van der Waals surface area contributed by atoms with Gasteiger partial charge in [0.25, 0.3) is 11.8 Å². The van der Waals surface area contributed by atoms with Crippen molar-refractivity contribution in [3.05, 3.63) is 94.7 Å². The lowest BCUT2D eigenvalue weighted by molar-refractivity contribution is -0.120. The van der Waals surface area contributed by atoms with Crippen molar-refractivity contribution in [2.75, 3.05) is 29.2 Å². The molecule has 1 heterocycles. The zero-order valence-corrected chi connectivity index (χ0v) is 19.8. The Balaban J connectivity index is 1.81. The zero-order chi connectivity index (χ0) is 23.7. The van der Waals surface area contributed by atoms with Crippen LogP contribution in [0, 0.1) is 13.8 Å². The summed E-state index contributed by atoms with van der Waals surface area (Å²) in [5.74, 6) is -0.685. The van der Waals surface area contributed by atoms with Crippen LogP contribution in [0.15, 0.2) is 72.4 Å². The van der Waals surface area contributed by atoms with Crippen LogP contribution in [0.1, 0.15) is 29.2 Å². The van der Waals surface area contributed by atoms with Gasteiger partial charge >= 0.3 is 0 Å². The molecule has 1 N–H and O–H groups in total. The molecule has 0 unspecified atom stereocenters. The number of benzene rings is 3. The van der Waals surface area contributed by atoms with E-state index >= 15 is 0 Å². The number of rotatable bonds is 6. The molecule has 0 saturated carbocycles. The Hall–Kier alpha value is -3.86. The average Bonchev–Trinajstić information content (AvgIpc) is 3.05. The van der Waals surface area contributed by atoms with E-state index in [-0.39, 0.29) is 11.8 Å². The lowest BCUT2D eigenvalue weighted by Crippen LogP contribution is -2.32. The molecule has 5 nitrogen and oxygen atoms in total. The highest BCUT2D eigenvalue weighted by atomic mass is 16.2. The maximum atomic E-state index is 13.7. The normalized spacial score (nSPS) is 13.7. The van der Waals surface area contributed by atoms with Crippen molar-refractivity contribution in [2.45, 2.75) is 27.2 Å². The second-order valence-electron chi connectivity index (χ2n) is 8.58. The molecule has 1 aliphatic rings. The number of carbonyl (C=O) groups excluding carboxylic acids is 2. The van der Waals surface area contributed by atoms with E-state index < -0.39 is 0 Å². The van der Waals surface area contributed by atoms with Crippen molar-refractivity contribution in [3.8, 4) is 0 Å². The maximum absolute atomic E-state index is 13.7. The smallest absolute Gasteiger partial charge is 0.282 e. The molecule has 2 amide bonds. The molecule has 0 radical (unpaired) electrons. The summed E-state index contributed by atoms with van der Waals surface area (Å²) >= 11 is 0. The fourth-order valence-electron chi connectivity index (χ4n) is 3.92. The number of imide groups is 1. The van der Waals surface area contributed by atoms with Crippen LogP contribution >= 0.6 is 0 Å². The van der Waals surface area contributed by atoms with Crippen LogP contribution in [0.4, 0.5) is 17.1 Å². The molecular weight excluding hydrogens is 410 g/mol. The van der Waals surface area contributed by atoms with E-state index in [1.807, 2.05) is 93.5 Å². The van der Waals surface area contributed by atoms with Crippen LogP contribution in [-0.4, -0.2) is 25.9 Å². The third-order valence-electron chi connectivity index (χ3n) is 6.12. The Labute approximate surface area is 195 Å². The molecule has 0 spiro atoms. The fraction of sp³-hybridized carbons (Fsp3) is 0.214. The Kier molecular flexibility index (Phi) is 6.05. The van der Waals surface area contributed by atoms with Gasteiger partial charge in [0.1, 0.15) is 5.70 Å². The molecular formula is C28H29N3O2. The summed E-state index contributed by atoms with van der Waals surface area (Å²) < 4.78 is 0. The standard InChI is InChI=1S/C28H29N3O2/c1-6-20-11-14-22(15-12-20)29-26-25(21-13-10-18(2)19(3)16-21)27(32)31(28(26)33)24-9-7-8-23(17-24)30(4)5/h7-17,29H,6H2,1-5H3. The van der Waals surface area contributed by atoms with E-state index in [0.717, 1.165) is 34.5 Å². The van der Waals surface area contributed by atoms with Crippen molar-refractivity contribution in [1.82, 2.24) is 0 Å². The Morgan fingerprint density at radius 1 is 0.848 bits per heavy atom. The highest BCUT2D eigenvalue weighted by Crippen LogP contribution is 2.35. The van der Waals surface area contributed by atoms with Crippen molar-refractivity contribution in [1.29, 1.82) is 0 Å². The molecule has 0 saturated heterocycles. The first kappa shape index (κ1) is 22.3. The Morgan fingerprint density at radius 3 is 2.21 bits per heavy atom. The number of carbonyl (C=O) groups is 2. The summed E-state index contributed by atoms with van der Waals surface area (Å²) in [6.07, 6.45) is 0.935. The Morgan fingerprint density at radius 2 is 1.58 bits per heavy atom. The van der Waals surface area contributed by atoms with Gasteiger partial charge in [0.05, 0.1) is 11.3 Å². The Bertz CT molecular complexity index is 1260. The predicted octanol–water partition coefficient (Wildman–Crippen LogP) is 5.33. The lowest BCUT2D eigenvalue weighted by atomic mass is 9.99. The predicted molar refractivity (Wildman–Crippen MR) is 136 cm³/mol. The van der Waals surface area contributed by atoms with Crippen molar-refractivity contribution < 1.29 is 9.59 Å². The second-order valence-corrected chi connectivity index (χ2v) is 8.58. The molecule has 0 bridgehead atoms. The van der Waals surface area contributed by atoms with Gasteiger partial charge in [-0.1, -0.05) is 43.3 Å². The second kappa shape index (κ2) is 8.94. The van der Waals surface area contributed by atoms with E-state index in [4.69, 9.17) is 0 Å². The van der Waals surface area contributed by atoms with Crippen LogP contribution < -0.4 is 15.1 Å². The third-order valence-corrected chi connectivity index (χ3v) is 6.12. The number of amides is 2. The first-order valence-corrected chi connectivity index (χ1v) is 11.1. The number of anilines is 3. The van der Waals surface area contributed by atoms with Crippen LogP contribution in [0.25, 0.3) is 5.57 Å². The SMILES string of the molecule is CCc1ccc(NC2=C(c3ccc(C)c(C)c3)C(=O)N(c3cccc(N(C)C)c3)C2=O)cc1. The molecule has 33 heavy (non-hydrogen) atoms. The van der Waals surface area contributed by atoms with Gasteiger partial charge in [-0.3, -0.25) is 9.59 Å². The van der Waals surface area contributed by atoms with Crippen molar-refractivity contribution in [3.63, 3.8) is 0 Å². The fourth-order valence-corrected chi connectivity index (χ4v) is 3.92. The molecule has 0 atom stereocenters. The van der Waals surface area contributed by atoms with Gasteiger partial charge in [0, 0.05) is 25.5 Å². The summed E-state index contributed by atoms with van der Waals surface area (Å²) in [6.45, 7) is 6.14. The number of nitrogens with zero attached hydrogens (tertiary/aromatic N) is 2. The van der Waals surface area contributed by atoms with Gasteiger partial charge in [-0.2, -0.15) is 0 Å². The molecule has 3 aromatic carbocycles. The number of hydrogen-bond donors (Lipinski definition) is 1. The van der Waals surface area contributed by atoms with Gasteiger partial charge in [-0.25, -0.2) is 4.90 Å². The molecule has 5 heteroatoms. The summed E-state index contributed by atoms with van der Waals surface area (Å²) in [5, 5.41) is 3.25. The first-order valence-electron chi connectivity index (χ1n) is 11.1. The number of hydrogen-bond acceptors (Lipinski definition) is 4. The summed E-state index contributed by atoms with van der Waals surface area (Å²) in [4.78, 5) is 30.5. The summed E-state index contributed by atoms with van der Waals surface area (Å²) in [6, 6.07) is 21.2. The lowest BCUT2D eigenvalue weighted by Gasteiger charge is -2.19. The minimum Gasteiger partial charge on any atom is -0.378 e. The highest BCUT2D eigenvalue weighted by molar-refractivity contribution is 6.46. The van der Waals surface area contributed by atoms with Gasteiger partial charge in [0.2, 0.25) is 0 Å². The van der Waals surface area contributed by atoms with Gasteiger partial charge in [-0.05, 0) is 72.9 Å². The van der Waals surface area contributed by atoms with Crippen LogP contribution in [-0.2, 0) is 16.0 Å². The van der Waals surface area contributed by atoms with Gasteiger partial charge in [0.15, 0.2) is 0 Å². The van der Waals surface area contributed by atoms with E-state index in [1.165, 1.54) is 10.5 Å². The van der Waals surface area contributed by atoms with E-state index in [1.54, 1.807) is 6.07 Å². The molecule has 168 valence electrons. The zero-order valence-electron chi connectivity index (χ0n) is 19.8. The molecule has 0 aliphatic carbocycles. The van der Waals surface area contributed by atoms with Crippen molar-refractivity contribution in [2.24, 2.45) is 0 Å². The van der Waals surface area contributed by atoms with Gasteiger partial charge in [-0.15, -0.1) is 0 Å². The molecule has 0 aromatic heterocycles. The number of nitrogens with one attached hydrogen (secondary N) is 1. The molecule has 4 rings (SSSR count).